The molecule has 0 spiro atoms. The summed E-state index contributed by atoms with van der Waals surface area (Å²) in [4.78, 5) is -0.127. The fourth-order valence-corrected chi connectivity index (χ4v) is 7.76. The minimum Gasteiger partial charge on any atom is -0.744 e. The van der Waals surface area contributed by atoms with Crippen molar-refractivity contribution in [3.63, 3.8) is 0 Å². The summed E-state index contributed by atoms with van der Waals surface area (Å²) < 4.78 is 42.7. The van der Waals surface area contributed by atoms with Gasteiger partial charge >= 0.3 is 0 Å². The lowest BCUT2D eigenvalue weighted by Gasteiger charge is -2.50. The van der Waals surface area contributed by atoms with Gasteiger partial charge < -0.3 is 9.29 Å². The van der Waals surface area contributed by atoms with E-state index < -0.39 is 15.5 Å². The molecule has 0 saturated heterocycles. The van der Waals surface area contributed by atoms with Gasteiger partial charge in [-0.25, -0.2) is 8.42 Å². The van der Waals surface area contributed by atoms with Crippen molar-refractivity contribution in [2.24, 2.45) is 0 Å². The summed E-state index contributed by atoms with van der Waals surface area (Å²) in [6.07, 6.45) is 2.98. The van der Waals surface area contributed by atoms with Gasteiger partial charge in [-0.1, -0.05) is 79.4 Å². The molecule has 4 aromatic rings. The van der Waals surface area contributed by atoms with Gasteiger partial charge in [0.2, 0.25) is 0 Å². The van der Waals surface area contributed by atoms with Gasteiger partial charge in [0.15, 0.2) is 0 Å². The maximum atomic E-state index is 12.0. The lowest BCUT2D eigenvalue weighted by Crippen LogP contribution is -2.44. The van der Waals surface area contributed by atoms with E-state index in [1.54, 1.807) is 6.07 Å². The maximum absolute atomic E-state index is 12.0. The Kier molecular flexibility index (Phi) is 4.82. The Hall–Kier alpha value is -3.67. The first-order chi connectivity index (χ1) is 17.9. The van der Waals surface area contributed by atoms with Crippen LogP contribution in [0, 0.1) is 0 Å². The van der Waals surface area contributed by atoms with Crippen LogP contribution in [0.3, 0.4) is 0 Å². The van der Waals surface area contributed by atoms with Crippen LogP contribution >= 0.6 is 0 Å². The predicted molar refractivity (Wildman–Crippen MR) is 141 cm³/mol. The van der Waals surface area contributed by atoms with Crippen molar-refractivity contribution < 1.29 is 17.7 Å². The second-order valence-corrected chi connectivity index (χ2v) is 11.5. The summed E-state index contributed by atoms with van der Waals surface area (Å²) in [5.74, 6) is 1.30. The predicted octanol–water partition coefficient (Wildman–Crippen LogP) is 6.20. The molecular formula is C32H25O4S-. The smallest absolute Gasteiger partial charge is 0.130 e. The number of hydrogen-bond acceptors (Lipinski definition) is 4. The van der Waals surface area contributed by atoms with Gasteiger partial charge in [0, 0.05) is 5.92 Å². The molecule has 0 unspecified atom stereocenters. The molecule has 184 valence electrons. The standard InChI is InChI=1S/C32H26O4S/c1-20(36-29-18-19-30(37(33,34)35)22-11-3-2-10-21(22)29)32-26-15-7-4-12-23(26)31(24-13-5-8-16-27(24)32)25-14-6-9-17-28(25)32/h4-9,12-19,31H,1-3,10-11H2,(H,33,34,35)/p-1. The zero-order valence-electron chi connectivity index (χ0n) is 20.2. The highest BCUT2D eigenvalue weighted by Crippen LogP contribution is 2.61. The Labute approximate surface area is 217 Å². The van der Waals surface area contributed by atoms with Crippen LogP contribution in [0.1, 0.15) is 63.3 Å². The van der Waals surface area contributed by atoms with Crippen molar-refractivity contribution in [3.8, 4) is 5.75 Å². The molecule has 0 atom stereocenters. The van der Waals surface area contributed by atoms with Crippen LogP contribution in [0.2, 0.25) is 0 Å². The van der Waals surface area contributed by atoms with Crippen LogP contribution in [0.5, 0.6) is 5.75 Å². The van der Waals surface area contributed by atoms with Gasteiger partial charge in [-0.2, -0.15) is 0 Å². The molecule has 0 aliphatic heterocycles. The van der Waals surface area contributed by atoms with E-state index in [0.717, 1.165) is 35.1 Å². The van der Waals surface area contributed by atoms with E-state index in [2.05, 4.69) is 79.4 Å². The van der Waals surface area contributed by atoms with Crippen LogP contribution in [-0.2, 0) is 28.4 Å². The Balaban J connectivity index is 1.46. The van der Waals surface area contributed by atoms with E-state index >= 15 is 0 Å². The molecule has 4 aromatic carbocycles. The largest absolute Gasteiger partial charge is 0.744 e. The van der Waals surface area contributed by atoms with E-state index in [0.29, 0.717) is 29.9 Å². The molecule has 0 fully saturated rings. The van der Waals surface area contributed by atoms with E-state index in [1.807, 2.05) is 0 Å². The number of allylic oxidation sites excluding steroid dienone is 1. The first-order valence-electron chi connectivity index (χ1n) is 12.7. The van der Waals surface area contributed by atoms with Crippen LogP contribution in [-0.4, -0.2) is 13.0 Å². The van der Waals surface area contributed by atoms with Gasteiger partial charge in [-0.05, 0) is 82.3 Å². The Bertz CT molecular complexity index is 1600. The first kappa shape index (κ1) is 22.5. The molecule has 4 nitrogen and oxygen atoms in total. The zero-order valence-corrected chi connectivity index (χ0v) is 21.1. The minimum absolute atomic E-state index is 0.127. The monoisotopic (exact) mass is 505 g/mol. The summed E-state index contributed by atoms with van der Waals surface area (Å²) in [6.45, 7) is 4.56. The van der Waals surface area contributed by atoms with Crippen molar-refractivity contribution in [2.45, 2.75) is 41.9 Å². The number of rotatable bonds is 4. The maximum Gasteiger partial charge on any atom is 0.130 e. The molecule has 0 saturated carbocycles. The van der Waals surface area contributed by atoms with Crippen LogP contribution in [0.15, 0.2) is 102 Å². The average Bonchev–Trinajstić information content (AvgIpc) is 2.92. The highest BCUT2D eigenvalue weighted by atomic mass is 32.2. The van der Waals surface area contributed by atoms with Crippen molar-refractivity contribution in [1.82, 2.24) is 0 Å². The van der Waals surface area contributed by atoms with Gasteiger partial charge in [0.1, 0.15) is 27.0 Å². The Morgan fingerprint density at radius 3 is 1.76 bits per heavy atom. The molecule has 4 aliphatic rings. The second-order valence-electron chi connectivity index (χ2n) is 10.2. The van der Waals surface area contributed by atoms with Crippen molar-refractivity contribution in [2.75, 3.05) is 0 Å². The third-order valence-corrected chi connectivity index (χ3v) is 9.32. The van der Waals surface area contributed by atoms with E-state index in [4.69, 9.17) is 4.74 Å². The molecule has 2 bridgehead atoms. The summed E-state index contributed by atoms with van der Waals surface area (Å²) in [6, 6.07) is 28.6. The molecule has 0 aromatic heterocycles. The van der Waals surface area contributed by atoms with Crippen LogP contribution < -0.4 is 4.74 Å². The summed E-state index contributed by atoms with van der Waals surface area (Å²) in [5.41, 5.74) is 7.92. The molecule has 0 amide bonds. The third-order valence-electron chi connectivity index (χ3n) is 8.40. The Morgan fingerprint density at radius 1 is 0.757 bits per heavy atom. The summed E-state index contributed by atoms with van der Waals surface area (Å²) >= 11 is 0. The second kappa shape index (κ2) is 7.91. The van der Waals surface area contributed by atoms with Crippen molar-refractivity contribution in [1.29, 1.82) is 0 Å². The molecule has 37 heavy (non-hydrogen) atoms. The van der Waals surface area contributed by atoms with Crippen LogP contribution in [0.25, 0.3) is 0 Å². The number of ether oxygens (including phenoxy) is 1. The quantitative estimate of drug-likeness (QED) is 0.245. The van der Waals surface area contributed by atoms with E-state index in [-0.39, 0.29) is 10.8 Å². The van der Waals surface area contributed by atoms with Gasteiger partial charge in [0.25, 0.3) is 0 Å². The molecule has 0 heterocycles. The highest BCUT2D eigenvalue weighted by molar-refractivity contribution is 7.85. The number of benzene rings is 4. The number of hydrogen-bond donors (Lipinski definition) is 0. The third kappa shape index (κ3) is 3.01. The molecular weight excluding hydrogens is 480 g/mol. The lowest BCUT2D eigenvalue weighted by molar-refractivity contribution is 0.349. The molecule has 5 heteroatoms. The molecule has 0 radical (unpaired) electrons. The average molecular weight is 506 g/mol. The number of fused-ring (bicyclic) bond motifs is 1. The fraction of sp³-hybridized carbons (Fsp3) is 0.188. The van der Waals surface area contributed by atoms with E-state index in [1.165, 1.54) is 22.8 Å². The van der Waals surface area contributed by atoms with Gasteiger partial charge in [0.05, 0.1) is 4.90 Å². The lowest BCUT2D eigenvalue weighted by atomic mass is 9.52. The van der Waals surface area contributed by atoms with Gasteiger partial charge in [-0.15, -0.1) is 0 Å². The molecule has 4 aliphatic carbocycles. The highest BCUT2D eigenvalue weighted by Gasteiger charge is 2.54. The van der Waals surface area contributed by atoms with E-state index in [9.17, 15) is 13.0 Å². The van der Waals surface area contributed by atoms with Crippen LogP contribution in [0.4, 0.5) is 0 Å². The minimum atomic E-state index is -4.57. The fourth-order valence-electron chi connectivity index (χ4n) is 7.00. The first-order valence-corrected chi connectivity index (χ1v) is 14.1. The normalized spacial score (nSPS) is 20.8. The van der Waals surface area contributed by atoms with Crippen molar-refractivity contribution in [3.05, 3.63) is 142 Å². The zero-order chi connectivity index (χ0) is 25.4. The van der Waals surface area contributed by atoms with Gasteiger partial charge in [-0.3, -0.25) is 0 Å². The Morgan fingerprint density at radius 2 is 1.24 bits per heavy atom. The topological polar surface area (TPSA) is 66.4 Å². The molecule has 0 N–H and O–H groups in total. The SMILES string of the molecule is C=C(Oc1ccc(S(=O)(=O)[O-])c2c1CCCC2)C12c3ccccc3C(c3ccccc31)c1ccccc12. The van der Waals surface area contributed by atoms with Crippen molar-refractivity contribution >= 4 is 10.1 Å². The summed E-state index contributed by atoms with van der Waals surface area (Å²) in [7, 11) is -4.57. The summed E-state index contributed by atoms with van der Waals surface area (Å²) in [5, 5.41) is 0. The molecule has 8 rings (SSSR count).